The van der Waals surface area contributed by atoms with Gasteiger partial charge in [-0.25, -0.2) is 0 Å². The molecule has 3 nitrogen and oxygen atoms in total. The van der Waals surface area contributed by atoms with Crippen molar-refractivity contribution in [2.24, 2.45) is 4.74 Å². The lowest BCUT2D eigenvalue weighted by atomic mass is 10.1. The van der Waals surface area contributed by atoms with Gasteiger partial charge in [0.05, 0.1) is 25.6 Å². The minimum atomic E-state index is -2.59. The van der Waals surface area contributed by atoms with E-state index in [9.17, 15) is 5.11 Å². The van der Waals surface area contributed by atoms with Gasteiger partial charge in [-0.3, -0.25) is 4.74 Å². The molecule has 0 aliphatic rings. The van der Waals surface area contributed by atoms with Gasteiger partial charge in [-0.05, 0) is 147 Å². The number of benzene rings is 5. The highest BCUT2D eigenvalue weighted by molar-refractivity contribution is 7.81. The van der Waals surface area contributed by atoms with Crippen molar-refractivity contribution in [3.05, 3.63) is 140 Å². The number of para-hydroxylation sites is 1. The summed E-state index contributed by atoms with van der Waals surface area (Å²) >= 11 is 0. The molecule has 5 rings (SSSR count). The summed E-state index contributed by atoms with van der Waals surface area (Å²) in [6.07, 6.45) is 0.0260. The Balaban J connectivity index is 1.89. The normalized spacial score (nSPS) is 12.4. The summed E-state index contributed by atoms with van der Waals surface area (Å²) in [5.41, 5.74) is 17.2. The molecule has 0 spiro atoms. The predicted octanol–water partition coefficient (Wildman–Crippen LogP) is 10.7. The minimum Gasteiger partial charge on any atom is -0.393 e. The predicted molar refractivity (Wildman–Crippen MR) is 224 cm³/mol. The van der Waals surface area contributed by atoms with Crippen LogP contribution in [0.5, 0.6) is 0 Å². The van der Waals surface area contributed by atoms with E-state index in [4.69, 9.17) is 4.74 Å². The third kappa shape index (κ3) is 7.57. The standard InChI is InChI=1S/C45H56N2OP2/c1-27-18-31(5)42(32(6)19-27)49(43-33(7)20-28(2)21-34(43)8)46-40-16-14-15-17-41(40)47-50(26-39(13)48,44-35(9)22-29(3)23-36(44)10)45-37(11)24-30(4)25-38(45)12/h14-25,39,46,48H,26H2,1-13H3/t39-/m0/s1. The van der Waals surface area contributed by atoms with E-state index in [1.54, 1.807) is 0 Å². The highest BCUT2D eigenvalue weighted by Crippen LogP contribution is 2.55. The first-order valence-corrected chi connectivity index (χ1v) is 21.1. The maximum Gasteiger partial charge on any atom is 0.0855 e. The summed E-state index contributed by atoms with van der Waals surface area (Å²) in [5.74, 6) is 0. The second-order valence-electron chi connectivity index (χ2n) is 14.9. The van der Waals surface area contributed by atoms with Crippen molar-refractivity contribution >= 4 is 47.7 Å². The highest BCUT2D eigenvalue weighted by Gasteiger charge is 2.34. The van der Waals surface area contributed by atoms with Crippen LogP contribution in [0.25, 0.3) is 0 Å². The quantitative estimate of drug-likeness (QED) is 0.150. The van der Waals surface area contributed by atoms with Gasteiger partial charge in [0.25, 0.3) is 0 Å². The largest absolute Gasteiger partial charge is 0.393 e. The first kappa shape index (κ1) is 37.8. The van der Waals surface area contributed by atoms with Gasteiger partial charge in [-0.15, -0.1) is 0 Å². The Morgan fingerprint density at radius 3 is 1.26 bits per heavy atom. The van der Waals surface area contributed by atoms with Gasteiger partial charge in [0.15, 0.2) is 0 Å². The lowest BCUT2D eigenvalue weighted by Crippen LogP contribution is -2.30. The molecule has 5 heteroatoms. The van der Waals surface area contributed by atoms with Crippen LogP contribution in [0.2, 0.25) is 0 Å². The van der Waals surface area contributed by atoms with Crippen LogP contribution in [-0.4, -0.2) is 17.4 Å². The third-order valence-electron chi connectivity index (χ3n) is 9.67. The third-order valence-corrected chi connectivity index (χ3v) is 16.9. The molecule has 0 amide bonds. The molecule has 0 aliphatic carbocycles. The zero-order valence-corrected chi connectivity index (χ0v) is 34.3. The van der Waals surface area contributed by atoms with E-state index in [0.29, 0.717) is 6.16 Å². The van der Waals surface area contributed by atoms with E-state index in [-0.39, 0.29) is 0 Å². The Hall–Kier alpha value is -3.48. The van der Waals surface area contributed by atoms with Crippen LogP contribution in [0.15, 0.2) is 77.5 Å². The topological polar surface area (TPSA) is 44.6 Å². The molecule has 0 bridgehead atoms. The molecule has 0 unspecified atom stereocenters. The number of anilines is 1. The number of rotatable bonds is 9. The van der Waals surface area contributed by atoms with Crippen molar-refractivity contribution in [3.8, 4) is 0 Å². The van der Waals surface area contributed by atoms with Crippen molar-refractivity contribution in [1.82, 2.24) is 0 Å². The van der Waals surface area contributed by atoms with Gasteiger partial charge in [-0.2, -0.15) is 0 Å². The number of nitrogens with zero attached hydrogens (tertiary/aromatic N) is 1. The summed E-state index contributed by atoms with van der Waals surface area (Å²) in [7, 11) is -3.59. The summed E-state index contributed by atoms with van der Waals surface area (Å²) in [6, 6.07) is 27.1. The molecule has 0 saturated carbocycles. The molecule has 262 valence electrons. The van der Waals surface area contributed by atoms with Gasteiger partial charge < -0.3 is 10.2 Å². The maximum atomic E-state index is 11.4. The number of hydrogen-bond donors (Lipinski definition) is 2. The van der Waals surface area contributed by atoms with Crippen molar-refractivity contribution in [1.29, 1.82) is 0 Å². The van der Waals surface area contributed by atoms with E-state index in [1.165, 1.54) is 88.0 Å². The number of hydrogen-bond acceptors (Lipinski definition) is 3. The van der Waals surface area contributed by atoms with Crippen LogP contribution < -0.4 is 26.3 Å². The molecule has 5 aromatic rings. The van der Waals surface area contributed by atoms with Gasteiger partial charge in [0.1, 0.15) is 0 Å². The second kappa shape index (κ2) is 15.0. The Kier molecular flexibility index (Phi) is 11.3. The summed E-state index contributed by atoms with van der Waals surface area (Å²) in [4.78, 5) is 0. The Morgan fingerprint density at radius 1 is 0.560 bits per heavy atom. The molecular formula is C45H56N2OP2. The molecule has 1 atom stereocenters. The average molecular weight is 703 g/mol. The van der Waals surface area contributed by atoms with E-state index < -0.39 is 21.2 Å². The minimum absolute atomic E-state index is 0.541. The van der Waals surface area contributed by atoms with Crippen molar-refractivity contribution in [2.45, 2.75) is 96.1 Å². The first-order chi connectivity index (χ1) is 23.5. The number of aliphatic hydroxyl groups is 1. The molecular weight excluding hydrogens is 646 g/mol. The Morgan fingerprint density at radius 2 is 0.900 bits per heavy atom. The monoisotopic (exact) mass is 702 g/mol. The molecule has 0 saturated heterocycles. The van der Waals surface area contributed by atoms with Crippen LogP contribution >= 0.6 is 15.1 Å². The summed E-state index contributed by atoms with van der Waals surface area (Å²) < 4.78 is 6.03. The van der Waals surface area contributed by atoms with Gasteiger partial charge >= 0.3 is 0 Å². The Bertz CT molecular complexity index is 1930. The molecule has 0 heterocycles. The van der Waals surface area contributed by atoms with Crippen molar-refractivity contribution < 1.29 is 5.11 Å². The van der Waals surface area contributed by atoms with Gasteiger partial charge in [0, 0.05) is 34.4 Å². The first-order valence-electron chi connectivity index (χ1n) is 17.8. The molecule has 5 aromatic carbocycles. The highest BCUT2D eigenvalue weighted by atomic mass is 31.2. The summed E-state index contributed by atoms with van der Waals surface area (Å²) in [6.45, 7) is 28.6. The molecule has 2 N–H and O–H groups in total. The van der Waals surface area contributed by atoms with Crippen LogP contribution in [0.1, 0.15) is 73.7 Å². The zero-order chi connectivity index (χ0) is 36.7. The lowest BCUT2D eigenvalue weighted by Gasteiger charge is -2.34. The zero-order valence-electron chi connectivity index (χ0n) is 32.5. The van der Waals surface area contributed by atoms with E-state index >= 15 is 0 Å². The van der Waals surface area contributed by atoms with Crippen LogP contribution in [-0.2, 0) is 0 Å². The van der Waals surface area contributed by atoms with Gasteiger partial charge in [0.2, 0.25) is 0 Å². The number of nitrogens with one attached hydrogen (secondary N) is 1. The number of aliphatic hydroxyl groups excluding tert-OH is 1. The maximum absolute atomic E-state index is 11.4. The van der Waals surface area contributed by atoms with Crippen LogP contribution in [0, 0.1) is 83.1 Å². The van der Waals surface area contributed by atoms with E-state index in [1.807, 2.05) is 6.92 Å². The molecule has 0 fully saturated rings. The molecule has 50 heavy (non-hydrogen) atoms. The van der Waals surface area contributed by atoms with Crippen molar-refractivity contribution in [2.75, 3.05) is 11.2 Å². The molecule has 0 aliphatic heterocycles. The number of aryl methyl sites for hydroxylation is 12. The average Bonchev–Trinajstić information content (AvgIpc) is 2.95. The van der Waals surface area contributed by atoms with Gasteiger partial charge in [-0.1, -0.05) is 82.9 Å². The Labute approximate surface area is 303 Å². The smallest absolute Gasteiger partial charge is 0.0855 e. The van der Waals surface area contributed by atoms with Crippen molar-refractivity contribution in [3.63, 3.8) is 0 Å². The van der Waals surface area contributed by atoms with E-state index in [0.717, 1.165) is 11.4 Å². The molecule has 0 aromatic heterocycles. The fourth-order valence-corrected chi connectivity index (χ4v) is 15.9. The second-order valence-corrected chi connectivity index (χ2v) is 19.6. The summed E-state index contributed by atoms with van der Waals surface area (Å²) in [5, 5.41) is 20.9. The SMILES string of the molecule is Cc1cc(C)c(P(Nc2ccccc2N=P(C[C@H](C)O)(c2c(C)cc(C)cc2C)c2c(C)cc(C)cc2C)c2c(C)cc(C)cc2C)c(C)c1. The lowest BCUT2D eigenvalue weighted by molar-refractivity contribution is 0.219. The van der Waals surface area contributed by atoms with Crippen LogP contribution in [0.4, 0.5) is 11.4 Å². The van der Waals surface area contributed by atoms with E-state index in [2.05, 4.69) is 161 Å². The fraction of sp³-hybridized carbons (Fsp3) is 0.333. The fourth-order valence-electron chi connectivity index (χ4n) is 8.56. The molecule has 0 radical (unpaired) electrons. The van der Waals surface area contributed by atoms with Crippen LogP contribution in [0.3, 0.4) is 0 Å².